The monoisotopic (exact) mass is 347 g/mol. The van der Waals surface area contributed by atoms with Crippen LogP contribution in [0.4, 0.5) is 4.39 Å². The molecule has 0 aromatic heterocycles. The summed E-state index contributed by atoms with van der Waals surface area (Å²) in [5, 5.41) is 9.11. The molecule has 2 rings (SSSR count). The Kier molecular flexibility index (Phi) is 5.35. The van der Waals surface area contributed by atoms with Gasteiger partial charge >= 0.3 is 5.97 Å². The van der Waals surface area contributed by atoms with Crippen molar-refractivity contribution in [3.63, 3.8) is 0 Å². The first-order valence-corrected chi connectivity index (χ1v) is 8.35. The summed E-state index contributed by atoms with van der Waals surface area (Å²) in [6, 6.07) is 1.28. The number of hydrogen-bond donors (Lipinski definition) is 1. The molecule has 0 bridgehead atoms. The molecule has 23 heavy (non-hydrogen) atoms. The molecule has 1 aliphatic heterocycles. The molecule has 1 unspecified atom stereocenters. The lowest BCUT2D eigenvalue weighted by atomic mass is 10.1. The average Bonchev–Trinajstić information content (AvgIpc) is 2.50. The highest BCUT2D eigenvalue weighted by molar-refractivity contribution is 7.89. The summed E-state index contributed by atoms with van der Waals surface area (Å²) in [6.07, 6.45) is 0. The van der Waals surface area contributed by atoms with E-state index in [1.54, 1.807) is 0 Å². The van der Waals surface area contributed by atoms with Crippen LogP contribution in [-0.2, 0) is 19.5 Å². The maximum atomic E-state index is 13.9. The molecule has 0 spiro atoms. The van der Waals surface area contributed by atoms with E-state index in [0.717, 1.165) is 16.4 Å². The molecule has 1 N–H and O–H groups in total. The third kappa shape index (κ3) is 3.52. The van der Waals surface area contributed by atoms with Crippen molar-refractivity contribution in [3.05, 3.63) is 29.1 Å². The number of hydrogen-bond acceptors (Lipinski definition) is 5. The Balaban J connectivity index is 2.48. The zero-order valence-electron chi connectivity index (χ0n) is 12.8. The number of carbonyl (C=O) groups is 1. The molecule has 1 saturated heterocycles. The van der Waals surface area contributed by atoms with Crippen LogP contribution in [0.2, 0.25) is 0 Å². The first-order valence-electron chi connectivity index (χ1n) is 6.91. The van der Waals surface area contributed by atoms with Crippen molar-refractivity contribution in [1.29, 1.82) is 0 Å². The van der Waals surface area contributed by atoms with Crippen LogP contribution in [0.5, 0.6) is 0 Å². The van der Waals surface area contributed by atoms with Gasteiger partial charge < -0.3 is 14.6 Å². The third-order valence-electron chi connectivity index (χ3n) is 3.69. The largest absolute Gasteiger partial charge is 0.478 e. The summed E-state index contributed by atoms with van der Waals surface area (Å²) in [4.78, 5) is 10.8. The summed E-state index contributed by atoms with van der Waals surface area (Å²) in [5.74, 6) is -2.26. The summed E-state index contributed by atoms with van der Waals surface area (Å²) >= 11 is 0. The lowest BCUT2D eigenvalue weighted by molar-refractivity contribution is 0.00137. The summed E-state index contributed by atoms with van der Waals surface area (Å²) in [5.41, 5.74) is -0.480. The Morgan fingerprint density at radius 2 is 2.22 bits per heavy atom. The van der Waals surface area contributed by atoms with Crippen LogP contribution in [0.25, 0.3) is 0 Å². The van der Waals surface area contributed by atoms with E-state index in [1.807, 2.05) is 0 Å². The average molecular weight is 347 g/mol. The molecule has 1 heterocycles. The van der Waals surface area contributed by atoms with Gasteiger partial charge in [0.2, 0.25) is 10.0 Å². The van der Waals surface area contributed by atoms with Gasteiger partial charge in [0.05, 0.1) is 36.3 Å². The number of nitrogens with zero attached hydrogens (tertiary/aromatic N) is 1. The van der Waals surface area contributed by atoms with E-state index >= 15 is 0 Å². The van der Waals surface area contributed by atoms with Crippen LogP contribution in [0.15, 0.2) is 17.0 Å². The van der Waals surface area contributed by atoms with Crippen molar-refractivity contribution >= 4 is 16.0 Å². The molecular weight excluding hydrogens is 329 g/mol. The van der Waals surface area contributed by atoms with Gasteiger partial charge in [-0.2, -0.15) is 4.31 Å². The highest BCUT2D eigenvalue weighted by atomic mass is 32.2. The number of sulfonamides is 1. The fourth-order valence-corrected chi connectivity index (χ4v) is 4.06. The van der Waals surface area contributed by atoms with Gasteiger partial charge in [0.1, 0.15) is 5.82 Å². The Bertz CT molecular complexity index is 703. The maximum Gasteiger partial charge on any atom is 0.336 e. The van der Waals surface area contributed by atoms with Crippen LogP contribution in [0.3, 0.4) is 0 Å². The number of aromatic carboxylic acids is 1. The van der Waals surface area contributed by atoms with Crippen LogP contribution < -0.4 is 0 Å². The maximum absolute atomic E-state index is 13.9. The molecule has 9 heteroatoms. The van der Waals surface area contributed by atoms with Crippen molar-refractivity contribution in [3.8, 4) is 0 Å². The molecule has 0 radical (unpaired) electrons. The molecule has 0 aliphatic carbocycles. The second-order valence-electron chi connectivity index (χ2n) is 5.18. The van der Waals surface area contributed by atoms with Crippen LogP contribution in [-0.4, -0.2) is 63.3 Å². The van der Waals surface area contributed by atoms with Crippen molar-refractivity contribution < 1.29 is 32.2 Å². The quantitative estimate of drug-likeness (QED) is 0.849. The van der Waals surface area contributed by atoms with E-state index in [4.69, 9.17) is 14.6 Å². The summed E-state index contributed by atoms with van der Waals surface area (Å²) < 4.78 is 50.9. The molecule has 1 atom stereocenters. The number of benzene rings is 1. The predicted octanol–water partition coefficient (Wildman–Crippen LogP) is 0.868. The first kappa shape index (κ1) is 17.8. The molecule has 1 fully saturated rings. The fourth-order valence-electron chi connectivity index (χ4n) is 2.44. The second kappa shape index (κ2) is 6.91. The first-order chi connectivity index (χ1) is 10.8. The lowest BCUT2D eigenvalue weighted by Gasteiger charge is -2.34. The van der Waals surface area contributed by atoms with Crippen LogP contribution >= 0.6 is 0 Å². The molecule has 128 valence electrons. The van der Waals surface area contributed by atoms with Gasteiger partial charge in [-0.15, -0.1) is 0 Å². The van der Waals surface area contributed by atoms with E-state index < -0.39 is 27.9 Å². The molecular formula is C14H18FNO6S. The zero-order chi connectivity index (χ0) is 17.2. The number of rotatable bonds is 5. The highest BCUT2D eigenvalue weighted by Gasteiger charge is 2.35. The molecule has 7 nitrogen and oxygen atoms in total. The van der Waals surface area contributed by atoms with E-state index in [1.165, 1.54) is 14.0 Å². The van der Waals surface area contributed by atoms with E-state index in [0.29, 0.717) is 0 Å². The van der Waals surface area contributed by atoms with E-state index in [2.05, 4.69) is 0 Å². The van der Waals surface area contributed by atoms with E-state index in [9.17, 15) is 17.6 Å². The topological polar surface area (TPSA) is 93.1 Å². The summed E-state index contributed by atoms with van der Waals surface area (Å²) in [7, 11) is -2.62. The number of morpholine rings is 1. The van der Waals surface area contributed by atoms with Gasteiger partial charge in [-0.1, -0.05) is 0 Å². The molecule has 1 aromatic carbocycles. The second-order valence-corrected chi connectivity index (χ2v) is 7.07. The summed E-state index contributed by atoms with van der Waals surface area (Å²) in [6.45, 7) is 1.87. The van der Waals surface area contributed by atoms with Crippen molar-refractivity contribution in [2.45, 2.75) is 17.9 Å². The van der Waals surface area contributed by atoms with Crippen LogP contribution in [0, 0.1) is 12.7 Å². The molecule has 1 aliphatic rings. The molecule has 0 amide bonds. The Hall–Kier alpha value is -1.55. The number of carboxylic acid groups (broad SMARTS) is 1. The number of methoxy groups -OCH3 is 1. The van der Waals surface area contributed by atoms with Gasteiger partial charge in [-0.25, -0.2) is 17.6 Å². The van der Waals surface area contributed by atoms with Crippen molar-refractivity contribution in [1.82, 2.24) is 4.31 Å². The van der Waals surface area contributed by atoms with Crippen LogP contribution in [0.1, 0.15) is 15.9 Å². The fraction of sp³-hybridized carbons (Fsp3) is 0.500. The Labute approximate surface area is 133 Å². The predicted molar refractivity (Wildman–Crippen MR) is 78.5 cm³/mol. The van der Waals surface area contributed by atoms with Gasteiger partial charge in [0.15, 0.2) is 0 Å². The van der Waals surface area contributed by atoms with Gasteiger partial charge in [-0.3, -0.25) is 0 Å². The third-order valence-corrected chi connectivity index (χ3v) is 5.62. The molecule has 1 aromatic rings. The number of halogens is 1. The standard InChI is InChI=1S/C14H18FNO6S/c1-9-12(14(17)18)5-11(6-13(9)15)23(19,20)16-3-4-22-8-10(16)7-21-2/h5-6,10H,3-4,7-8H2,1-2H3,(H,17,18). The normalized spacial score (nSPS) is 19.7. The minimum atomic E-state index is -4.06. The number of carboxylic acids is 1. The van der Waals surface area contributed by atoms with Crippen molar-refractivity contribution in [2.75, 3.05) is 33.5 Å². The van der Waals surface area contributed by atoms with Gasteiger partial charge in [0.25, 0.3) is 0 Å². The molecule has 0 saturated carbocycles. The number of ether oxygens (including phenoxy) is 2. The smallest absolute Gasteiger partial charge is 0.336 e. The Morgan fingerprint density at radius 3 is 2.83 bits per heavy atom. The van der Waals surface area contributed by atoms with Crippen molar-refractivity contribution in [2.24, 2.45) is 0 Å². The minimum absolute atomic E-state index is 0.0915. The van der Waals surface area contributed by atoms with Gasteiger partial charge in [-0.05, 0) is 24.6 Å². The highest BCUT2D eigenvalue weighted by Crippen LogP contribution is 2.25. The van der Waals surface area contributed by atoms with Gasteiger partial charge in [0, 0.05) is 13.7 Å². The Morgan fingerprint density at radius 1 is 1.52 bits per heavy atom. The lowest BCUT2D eigenvalue weighted by Crippen LogP contribution is -2.50. The minimum Gasteiger partial charge on any atom is -0.478 e. The van der Waals surface area contributed by atoms with E-state index in [-0.39, 0.29) is 42.4 Å². The zero-order valence-corrected chi connectivity index (χ0v) is 13.6. The SMILES string of the molecule is COCC1COCCN1S(=O)(=O)c1cc(F)c(C)c(C(=O)O)c1.